The number of aliphatic carboxylic acids is 1. The van der Waals surface area contributed by atoms with Gasteiger partial charge < -0.3 is 20.8 Å². The van der Waals surface area contributed by atoms with E-state index in [1.807, 2.05) is 0 Å². The monoisotopic (exact) mass is 316 g/mol. The smallest absolute Gasteiger partial charge is 0.332 e. The van der Waals surface area contributed by atoms with Crippen molar-refractivity contribution in [1.29, 1.82) is 0 Å². The third kappa shape index (κ3) is 5.15. The highest BCUT2D eigenvalue weighted by Gasteiger charge is 2.12. The van der Waals surface area contributed by atoms with Gasteiger partial charge in [0.05, 0.1) is 0 Å². The fourth-order valence-corrected chi connectivity index (χ4v) is 1.42. The number of carboxylic acid groups (broad SMARTS) is 1. The van der Waals surface area contributed by atoms with Crippen molar-refractivity contribution in [2.45, 2.75) is 12.5 Å². The van der Waals surface area contributed by atoms with Crippen molar-refractivity contribution >= 4 is 33.6 Å². The number of hydrogen-bond acceptors (Lipinski definition) is 3. The lowest BCUT2D eigenvalue weighted by molar-refractivity contribution is -0.146. The number of hydrogen-bond donors (Lipinski definition) is 4. The van der Waals surface area contributed by atoms with Crippen molar-refractivity contribution in [3.63, 3.8) is 0 Å². The molecule has 7 heteroatoms. The number of amides is 2. The molecule has 0 unspecified atom stereocenters. The molecule has 0 heterocycles. The minimum atomic E-state index is -1.46. The van der Waals surface area contributed by atoms with E-state index in [2.05, 4.69) is 26.6 Å². The summed E-state index contributed by atoms with van der Waals surface area (Å²) in [6, 6.07) is 6.55. The summed E-state index contributed by atoms with van der Waals surface area (Å²) in [7, 11) is 0. The molecule has 18 heavy (non-hydrogen) atoms. The lowest BCUT2D eigenvalue weighted by atomic mass is 10.2. The summed E-state index contributed by atoms with van der Waals surface area (Å²) < 4.78 is 0.901. The topological polar surface area (TPSA) is 98.7 Å². The zero-order chi connectivity index (χ0) is 13.5. The average molecular weight is 317 g/mol. The van der Waals surface area contributed by atoms with Crippen molar-refractivity contribution in [2.24, 2.45) is 0 Å². The zero-order valence-electron chi connectivity index (χ0n) is 9.39. The highest BCUT2D eigenvalue weighted by molar-refractivity contribution is 9.10. The molecule has 0 aliphatic carbocycles. The minimum Gasteiger partial charge on any atom is -0.479 e. The second-order valence-electron chi connectivity index (χ2n) is 3.53. The molecule has 0 saturated carbocycles. The molecule has 0 radical (unpaired) electrons. The molecule has 0 saturated heterocycles. The SMILES string of the molecule is O=C(NCC[C@H](O)C(=O)O)Nc1ccc(Br)cc1. The Hall–Kier alpha value is -1.60. The molecule has 0 bridgehead atoms. The predicted molar refractivity (Wildman–Crippen MR) is 69.4 cm³/mol. The van der Waals surface area contributed by atoms with Crippen LogP contribution >= 0.6 is 15.9 Å². The highest BCUT2D eigenvalue weighted by Crippen LogP contribution is 2.13. The number of rotatable bonds is 5. The molecule has 0 fully saturated rings. The average Bonchev–Trinajstić information content (AvgIpc) is 2.32. The van der Waals surface area contributed by atoms with Gasteiger partial charge in [0.2, 0.25) is 0 Å². The summed E-state index contributed by atoms with van der Waals surface area (Å²) in [6.45, 7) is 0.0792. The van der Waals surface area contributed by atoms with Gasteiger partial charge in [-0.15, -0.1) is 0 Å². The van der Waals surface area contributed by atoms with Crippen LogP contribution in [-0.4, -0.2) is 34.9 Å². The summed E-state index contributed by atoms with van der Waals surface area (Å²) in [6.07, 6.45) is -1.50. The van der Waals surface area contributed by atoms with Crippen LogP contribution in [-0.2, 0) is 4.79 Å². The maximum Gasteiger partial charge on any atom is 0.332 e. The van der Waals surface area contributed by atoms with Crippen LogP contribution in [0.15, 0.2) is 28.7 Å². The molecular weight excluding hydrogens is 304 g/mol. The number of aliphatic hydroxyl groups excluding tert-OH is 1. The number of halogens is 1. The minimum absolute atomic E-state index is 0.0386. The Balaban J connectivity index is 2.30. The summed E-state index contributed by atoms with van der Waals surface area (Å²) in [5.41, 5.74) is 0.620. The predicted octanol–water partition coefficient (Wildman–Crippen LogP) is 1.41. The molecule has 1 atom stereocenters. The summed E-state index contributed by atoms with van der Waals surface area (Å²) in [5, 5.41) is 22.4. The van der Waals surface area contributed by atoms with Gasteiger partial charge in [-0.3, -0.25) is 0 Å². The van der Waals surface area contributed by atoms with Gasteiger partial charge in [-0.2, -0.15) is 0 Å². The second kappa shape index (κ2) is 6.97. The van der Waals surface area contributed by atoms with Crippen LogP contribution in [0, 0.1) is 0 Å². The van der Waals surface area contributed by atoms with Gasteiger partial charge in [0, 0.05) is 23.1 Å². The first-order valence-electron chi connectivity index (χ1n) is 5.20. The van der Waals surface area contributed by atoms with Crippen LogP contribution in [0.4, 0.5) is 10.5 Å². The molecule has 1 rings (SSSR count). The maximum atomic E-state index is 11.4. The summed E-state index contributed by atoms with van der Waals surface area (Å²) in [4.78, 5) is 21.7. The molecule has 2 amide bonds. The van der Waals surface area contributed by atoms with Crippen LogP contribution in [0.3, 0.4) is 0 Å². The number of carbonyl (C=O) groups is 2. The third-order valence-corrected chi connectivity index (χ3v) is 2.62. The quantitative estimate of drug-likeness (QED) is 0.660. The summed E-state index contributed by atoms with van der Waals surface area (Å²) in [5.74, 6) is -1.30. The third-order valence-electron chi connectivity index (χ3n) is 2.09. The Kier molecular flexibility index (Phi) is 5.60. The number of urea groups is 1. The van der Waals surface area contributed by atoms with E-state index < -0.39 is 18.1 Å². The molecule has 0 spiro atoms. The van der Waals surface area contributed by atoms with E-state index in [0.29, 0.717) is 5.69 Å². The van der Waals surface area contributed by atoms with E-state index in [9.17, 15) is 9.59 Å². The van der Waals surface area contributed by atoms with Crippen molar-refractivity contribution < 1.29 is 19.8 Å². The number of nitrogens with one attached hydrogen (secondary N) is 2. The molecule has 0 aliphatic rings. The number of aliphatic hydroxyl groups is 1. The Morgan fingerprint density at radius 2 is 1.89 bits per heavy atom. The molecule has 98 valence electrons. The Labute approximate surface area is 112 Å². The normalized spacial score (nSPS) is 11.7. The Morgan fingerprint density at radius 1 is 1.28 bits per heavy atom. The number of carbonyl (C=O) groups excluding carboxylic acids is 1. The lowest BCUT2D eigenvalue weighted by Gasteiger charge is -2.09. The van der Waals surface area contributed by atoms with Crippen LogP contribution in [0.25, 0.3) is 0 Å². The van der Waals surface area contributed by atoms with E-state index in [-0.39, 0.29) is 13.0 Å². The molecular formula is C11H13BrN2O4. The standard InChI is InChI=1S/C11H13BrN2O4/c12-7-1-3-8(4-2-7)14-11(18)13-6-5-9(15)10(16)17/h1-4,9,15H,5-6H2,(H,16,17)(H2,13,14,18)/t9-/m0/s1. The fourth-order valence-electron chi connectivity index (χ4n) is 1.15. The van der Waals surface area contributed by atoms with Gasteiger partial charge in [-0.25, -0.2) is 9.59 Å². The van der Waals surface area contributed by atoms with Gasteiger partial charge in [0.15, 0.2) is 6.10 Å². The second-order valence-corrected chi connectivity index (χ2v) is 4.45. The molecule has 4 N–H and O–H groups in total. The van der Waals surface area contributed by atoms with Crippen molar-refractivity contribution in [3.05, 3.63) is 28.7 Å². The van der Waals surface area contributed by atoms with Gasteiger partial charge in [-0.05, 0) is 24.3 Å². The highest BCUT2D eigenvalue weighted by atomic mass is 79.9. The number of carboxylic acids is 1. The van der Waals surface area contributed by atoms with Gasteiger partial charge in [0.25, 0.3) is 0 Å². The summed E-state index contributed by atoms with van der Waals surface area (Å²) >= 11 is 3.27. The van der Waals surface area contributed by atoms with Crippen molar-refractivity contribution in [3.8, 4) is 0 Å². The van der Waals surface area contributed by atoms with Gasteiger partial charge >= 0.3 is 12.0 Å². The van der Waals surface area contributed by atoms with Crippen LogP contribution < -0.4 is 10.6 Å². The fraction of sp³-hybridized carbons (Fsp3) is 0.273. The van der Waals surface area contributed by atoms with E-state index in [1.165, 1.54) is 0 Å². The molecule has 1 aromatic carbocycles. The number of anilines is 1. The number of benzene rings is 1. The van der Waals surface area contributed by atoms with Gasteiger partial charge in [-0.1, -0.05) is 15.9 Å². The van der Waals surface area contributed by atoms with Crippen LogP contribution in [0.1, 0.15) is 6.42 Å². The van der Waals surface area contributed by atoms with Gasteiger partial charge in [0.1, 0.15) is 0 Å². The first-order valence-corrected chi connectivity index (χ1v) is 5.99. The van der Waals surface area contributed by atoms with Crippen LogP contribution in [0.2, 0.25) is 0 Å². The molecule has 0 aliphatic heterocycles. The van der Waals surface area contributed by atoms with E-state index in [1.54, 1.807) is 24.3 Å². The van der Waals surface area contributed by atoms with E-state index >= 15 is 0 Å². The van der Waals surface area contributed by atoms with E-state index in [4.69, 9.17) is 10.2 Å². The largest absolute Gasteiger partial charge is 0.479 e. The maximum absolute atomic E-state index is 11.4. The van der Waals surface area contributed by atoms with Crippen molar-refractivity contribution in [1.82, 2.24) is 5.32 Å². The molecule has 1 aromatic rings. The Bertz CT molecular complexity index is 422. The Morgan fingerprint density at radius 3 is 2.44 bits per heavy atom. The molecule has 0 aromatic heterocycles. The zero-order valence-corrected chi connectivity index (χ0v) is 11.0. The first-order chi connectivity index (χ1) is 8.49. The lowest BCUT2D eigenvalue weighted by Crippen LogP contribution is -2.33. The van der Waals surface area contributed by atoms with Crippen LogP contribution in [0.5, 0.6) is 0 Å². The van der Waals surface area contributed by atoms with Crippen molar-refractivity contribution in [2.75, 3.05) is 11.9 Å². The van der Waals surface area contributed by atoms with E-state index in [0.717, 1.165) is 4.47 Å². The first kappa shape index (κ1) is 14.5. The molecule has 6 nitrogen and oxygen atoms in total.